The average Bonchev–Trinajstić information content (AvgIpc) is 3.74. The first-order chi connectivity index (χ1) is 19.2. The molecule has 11 heteroatoms. The van der Waals surface area contributed by atoms with Crippen molar-refractivity contribution < 1.29 is 28.5 Å². The van der Waals surface area contributed by atoms with Crippen molar-refractivity contribution in [1.29, 1.82) is 0 Å². The minimum Gasteiger partial charge on any atom is -0.459 e. The molecule has 4 atom stereocenters. The van der Waals surface area contributed by atoms with Crippen LogP contribution in [0.3, 0.4) is 0 Å². The number of hydrogen-bond acceptors (Lipinski definition) is 9. The molecule has 4 aromatic rings. The van der Waals surface area contributed by atoms with Crippen LogP contribution < -0.4 is 5.32 Å². The molecule has 1 unspecified atom stereocenters. The van der Waals surface area contributed by atoms with E-state index in [4.69, 9.17) is 18.9 Å². The van der Waals surface area contributed by atoms with Gasteiger partial charge in [0.15, 0.2) is 23.3 Å². The van der Waals surface area contributed by atoms with Gasteiger partial charge in [-0.2, -0.15) is 0 Å². The summed E-state index contributed by atoms with van der Waals surface area (Å²) in [5, 5.41) is 2.81. The van der Waals surface area contributed by atoms with Crippen molar-refractivity contribution in [2.45, 2.75) is 44.0 Å². The van der Waals surface area contributed by atoms with Crippen LogP contribution >= 0.6 is 0 Å². The van der Waals surface area contributed by atoms with Gasteiger partial charge in [0, 0.05) is 25.0 Å². The molecule has 4 heterocycles. The summed E-state index contributed by atoms with van der Waals surface area (Å²) in [5.41, 5.74) is 1.90. The number of nitrogens with one attached hydrogen (secondary N) is 1. The van der Waals surface area contributed by atoms with Crippen molar-refractivity contribution in [3.63, 3.8) is 0 Å². The molecule has 39 heavy (non-hydrogen) atoms. The molecule has 2 fully saturated rings. The number of nitrogens with zero attached hydrogens (tertiary/aromatic N) is 4. The van der Waals surface area contributed by atoms with E-state index in [1.165, 1.54) is 6.33 Å². The van der Waals surface area contributed by atoms with Crippen LogP contribution in [0.1, 0.15) is 46.2 Å². The molecule has 6 rings (SSSR count). The molecule has 0 spiro atoms. The number of ether oxygens (including phenoxy) is 4. The number of fused-ring (bicyclic) bond motifs is 1. The lowest BCUT2D eigenvalue weighted by Crippen LogP contribution is -2.33. The van der Waals surface area contributed by atoms with E-state index in [0.29, 0.717) is 41.1 Å². The molecule has 2 aliphatic heterocycles. The number of amides is 1. The second kappa shape index (κ2) is 11.3. The van der Waals surface area contributed by atoms with Crippen LogP contribution in [0.15, 0.2) is 73.3 Å². The van der Waals surface area contributed by atoms with Gasteiger partial charge in [0.1, 0.15) is 25.3 Å². The highest BCUT2D eigenvalue weighted by Crippen LogP contribution is 2.35. The summed E-state index contributed by atoms with van der Waals surface area (Å²) < 4.78 is 25.6. The number of aromatic nitrogens is 4. The monoisotopic (exact) mass is 529 g/mol. The van der Waals surface area contributed by atoms with E-state index in [2.05, 4.69) is 20.3 Å². The highest BCUT2D eigenvalue weighted by molar-refractivity contribution is 6.06. The molecule has 2 aromatic carbocycles. The fourth-order valence-corrected chi connectivity index (χ4v) is 4.75. The third-order valence-corrected chi connectivity index (χ3v) is 6.72. The van der Waals surface area contributed by atoms with Gasteiger partial charge in [-0.1, -0.05) is 36.4 Å². The van der Waals surface area contributed by atoms with Gasteiger partial charge in [0.05, 0.1) is 18.0 Å². The second-order valence-electron chi connectivity index (χ2n) is 9.31. The Labute approximate surface area is 224 Å². The van der Waals surface area contributed by atoms with E-state index in [1.54, 1.807) is 59.4 Å². The first-order valence-electron chi connectivity index (χ1n) is 12.8. The predicted octanol–water partition coefficient (Wildman–Crippen LogP) is 3.74. The Morgan fingerprint density at radius 3 is 2.51 bits per heavy atom. The molecule has 0 saturated carbocycles. The highest BCUT2D eigenvalue weighted by atomic mass is 16.7. The van der Waals surface area contributed by atoms with Crippen LogP contribution in [0, 0.1) is 0 Å². The van der Waals surface area contributed by atoms with Gasteiger partial charge >= 0.3 is 5.97 Å². The molecule has 2 saturated heterocycles. The van der Waals surface area contributed by atoms with Crippen LogP contribution in [0.25, 0.3) is 11.2 Å². The molecular formula is C28H27N5O6. The van der Waals surface area contributed by atoms with Crippen molar-refractivity contribution in [2.24, 2.45) is 0 Å². The van der Waals surface area contributed by atoms with Gasteiger partial charge in [0.2, 0.25) is 0 Å². The normalized spacial score (nSPS) is 22.7. The van der Waals surface area contributed by atoms with E-state index >= 15 is 0 Å². The Hall–Kier alpha value is -4.19. The van der Waals surface area contributed by atoms with E-state index in [0.717, 1.165) is 12.8 Å². The molecule has 0 aliphatic carbocycles. The van der Waals surface area contributed by atoms with Gasteiger partial charge in [-0.15, -0.1) is 0 Å². The van der Waals surface area contributed by atoms with Crippen molar-refractivity contribution >= 4 is 28.9 Å². The first kappa shape index (κ1) is 25.1. The van der Waals surface area contributed by atoms with Crippen LogP contribution in [0.5, 0.6) is 0 Å². The minimum absolute atomic E-state index is 0.0155. The van der Waals surface area contributed by atoms with Gasteiger partial charge in [-0.3, -0.25) is 9.36 Å². The number of anilines is 1. The predicted molar refractivity (Wildman–Crippen MR) is 139 cm³/mol. The Balaban J connectivity index is 1.20. The van der Waals surface area contributed by atoms with Gasteiger partial charge in [-0.05, 0) is 30.7 Å². The Morgan fingerprint density at radius 1 is 1.00 bits per heavy atom. The lowest BCUT2D eigenvalue weighted by Gasteiger charge is -2.21. The number of imidazole rings is 1. The van der Waals surface area contributed by atoms with Crippen molar-refractivity contribution in [1.82, 2.24) is 19.5 Å². The van der Waals surface area contributed by atoms with Crippen LogP contribution in [-0.2, 0) is 18.9 Å². The topological polar surface area (TPSA) is 127 Å². The Morgan fingerprint density at radius 2 is 1.77 bits per heavy atom. The van der Waals surface area contributed by atoms with E-state index < -0.39 is 18.3 Å². The quantitative estimate of drug-likeness (QED) is 0.340. The van der Waals surface area contributed by atoms with Gasteiger partial charge in [0.25, 0.3) is 5.91 Å². The maximum absolute atomic E-state index is 12.7. The van der Waals surface area contributed by atoms with Crippen LogP contribution in [-0.4, -0.2) is 63.1 Å². The van der Waals surface area contributed by atoms with E-state index in [1.807, 2.05) is 12.1 Å². The lowest BCUT2D eigenvalue weighted by atomic mass is 10.1. The summed E-state index contributed by atoms with van der Waals surface area (Å²) in [5.74, 6) is -0.433. The summed E-state index contributed by atoms with van der Waals surface area (Å²) >= 11 is 0. The van der Waals surface area contributed by atoms with Crippen molar-refractivity contribution in [3.05, 3.63) is 84.4 Å². The number of carbonyl (C=O) groups is 2. The maximum Gasteiger partial charge on any atom is 0.338 e. The molecular weight excluding hydrogens is 502 g/mol. The van der Waals surface area contributed by atoms with Gasteiger partial charge < -0.3 is 24.3 Å². The highest BCUT2D eigenvalue weighted by Gasteiger charge is 2.40. The number of carbonyl (C=O) groups excluding carboxylic acids is 2. The number of hydrogen-bond donors (Lipinski definition) is 1. The van der Waals surface area contributed by atoms with Crippen LogP contribution in [0.4, 0.5) is 5.82 Å². The fourth-order valence-electron chi connectivity index (χ4n) is 4.75. The summed E-state index contributed by atoms with van der Waals surface area (Å²) in [4.78, 5) is 38.4. The Kier molecular flexibility index (Phi) is 7.26. The van der Waals surface area contributed by atoms with E-state index in [9.17, 15) is 9.59 Å². The first-order valence-corrected chi connectivity index (χ1v) is 12.8. The second-order valence-corrected chi connectivity index (χ2v) is 9.31. The summed E-state index contributed by atoms with van der Waals surface area (Å²) in [6.07, 6.45) is 3.44. The molecule has 0 bridgehead atoms. The zero-order valence-electron chi connectivity index (χ0n) is 21.0. The fraction of sp³-hybridized carbons (Fsp3) is 0.321. The number of rotatable bonds is 8. The zero-order valence-corrected chi connectivity index (χ0v) is 21.0. The zero-order chi connectivity index (χ0) is 26.6. The molecule has 0 radical (unpaired) electrons. The van der Waals surface area contributed by atoms with Crippen LogP contribution in [0.2, 0.25) is 0 Å². The van der Waals surface area contributed by atoms with Gasteiger partial charge in [-0.25, -0.2) is 19.7 Å². The molecule has 1 N–H and O–H groups in total. The molecule has 2 aliphatic rings. The summed E-state index contributed by atoms with van der Waals surface area (Å²) in [6.45, 7) is 0.664. The third-order valence-electron chi connectivity index (χ3n) is 6.72. The Bertz CT molecular complexity index is 1440. The van der Waals surface area contributed by atoms with Crippen molar-refractivity contribution in [2.75, 3.05) is 18.5 Å². The standard InChI is InChI=1S/C28H27N5O6/c34-27(18-8-3-1-4-9-18)32-25-24-26(30-16-29-25)33(17-31-24)22-14-20(39-23-12-7-13-36-23)21(38-22)15-37-28(35)19-10-5-2-6-11-19/h1-6,8-11,16-17,20-23H,7,12-15H2,(H,29,30,32,34)/t20-,21+,22+,23?/m0/s1. The van der Waals surface area contributed by atoms with E-state index in [-0.39, 0.29) is 24.9 Å². The average molecular weight is 530 g/mol. The third kappa shape index (κ3) is 5.51. The minimum atomic E-state index is -0.525. The smallest absolute Gasteiger partial charge is 0.338 e. The number of benzene rings is 2. The largest absolute Gasteiger partial charge is 0.459 e. The molecule has 1 amide bonds. The molecule has 2 aromatic heterocycles. The molecule has 200 valence electrons. The van der Waals surface area contributed by atoms with Crippen molar-refractivity contribution in [3.8, 4) is 0 Å². The molecule has 11 nitrogen and oxygen atoms in total. The summed E-state index contributed by atoms with van der Waals surface area (Å²) in [7, 11) is 0. The SMILES string of the molecule is O=C(Nc1ncnc2c1ncn2[C@H]1C[C@H](OC2CCCO2)[C@@H](COC(=O)c2ccccc2)O1)c1ccccc1. The number of esters is 1. The summed E-state index contributed by atoms with van der Waals surface area (Å²) in [6, 6.07) is 17.7. The maximum atomic E-state index is 12.7. The lowest BCUT2D eigenvalue weighted by molar-refractivity contribution is -0.162.